The number of rotatable bonds is 2. The zero-order chi connectivity index (χ0) is 22.6. The molecular formula is C26H31N3O3. The summed E-state index contributed by atoms with van der Waals surface area (Å²) in [5.41, 5.74) is 3.40. The Labute approximate surface area is 188 Å². The second-order valence-corrected chi connectivity index (χ2v) is 11.1. The highest BCUT2D eigenvalue weighted by molar-refractivity contribution is 6.06. The zero-order valence-corrected chi connectivity index (χ0v) is 19.3. The van der Waals surface area contributed by atoms with E-state index in [1.807, 2.05) is 11.0 Å². The Balaban J connectivity index is 1.57. The fourth-order valence-electron chi connectivity index (χ4n) is 7.26. The third kappa shape index (κ3) is 2.16. The number of allylic oxidation sites excluding steroid dienone is 2. The first-order chi connectivity index (χ1) is 15.1. The van der Waals surface area contributed by atoms with Crippen molar-refractivity contribution in [1.29, 1.82) is 0 Å². The maximum absolute atomic E-state index is 13.9. The number of nitrogens with zero attached hydrogens (tertiary/aromatic N) is 1. The van der Waals surface area contributed by atoms with Crippen LogP contribution in [-0.2, 0) is 27.8 Å². The molecule has 2 amide bonds. The molecule has 3 N–H and O–H groups in total. The largest absolute Gasteiger partial charge is 0.508 e. The minimum atomic E-state index is -0.882. The van der Waals surface area contributed by atoms with Gasteiger partial charge in [-0.2, -0.15) is 0 Å². The minimum absolute atomic E-state index is 0.0324. The molecule has 2 bridgehead atoms. The molecule has 2 aromatic rings. The number of aromatic nitrogens is 1. The van der Waals surface area contributed by atoms with Crippen molar-refractivity contribution in [1.82, 2.24) is 15.2 Å². The lowest BCUT2D eigenvalue weighted by Crippen LogP contribution is -2.84. The van der Waals surface area contributed by atoms with E-state index in [2.05, 4.69) is 44.1 Å². The van der Waals surface area contributed by atoms with Crippen molar-refractivity contribution in [2.45, 2.75) is 76.3 Å². The van der Waals surface area contributed by atoms with Gasteiger partial charge in [-0.25, -0.2) is 0 Å². The predicted molar refractivity (Wildman–Crippen MR) is 122 cm³/mol. The SMILES string of the molecule is CC(C)=CCc1c(O)ccc2c3c([nH]c12)C(C)(C)[C@@H]1CC24CCCN2C(=O)C1(C3)NC4=O. The molecule has 2 unspecified atom stereocenters. The highest BCUT2D eigenvalue weighted by Crippen LogP contribution is 2.59. The van der Waals surface area contributed by atoms with Crippen LogP contribution in [0.25, 0.3) is 10.9 Å². The van der Waals surface area contributed by atoms with Gasteiger partial charge in [0, 0.05) is 40.9 Å². The third-order valence-corrected chi connectivity index (χ3v) is 8.86. The average Bonchev–Trinajstić information content (AvgIpc) is 3.32. The van der Waals surface area contributed by atoms with Crippen LogP contribution in [0.4, 0.5) is 0 Å². The number of amides is 2. The second kappa shape index (κ2) is 5.97. The number of aromatic hydroxyl groups is 1. The third-order valence-electron chi connectivity index (χ3n) is 8.86. The Morgan fingerprint density at radius 2 is 2.06 bits per heavy atom. The van der Waals surface area contributed by atoms with Gasteiger partial charge in [0.2, 0.25) is 11.8 Å². The Kier molecular flexibility index (Phi) is 3.71. The van der Waals surface area contributed by atoms with Gasteiger partial charge in [-0.05, 0) is 57.2 Å². The van der Waals surface area contributed by atoms with Gasteiger partial charge in [0.05, 0.1) is 5.52 Å². The number of piperazine rings is 1. The highest BCUT2D eigenvalue weighted by Gasteiger charge is 2.72. The van der Waals surface area contributed by atoms with Crippen LogP contribution in [0.15, 0.2) is 23.8 Å². The van der Waals surface area contributed by atoms with Crippen LogP contribution in [0.2, 0.25) is 0 Å². The molecule has 0 radical (unpaired) electrons. The van der Waals surface area contributed by atoms with Gasteiger partial charge < -0.3 is 20.3 Å². The first-order valence-corrected chi connectivity index (χ1v) is 11.8. The Morgan fingerprint density at radius 1 is 1.28 bits per heavy atom. The second-order valence-electron chi connectivity index (χ2n) is 11.1. The van der Waals surface area contributed by atoms with Gasteiger partial charge in [-0.1, -0.05) is 25.5 Å². The number of phenols is 1. The molecule has 4 aliphatic heterocycles. The number of carbonyl (C=O) groups is 2. The number of nitrogens with one attached hydrogen (secondary N) is 2. The number of H-pyrrole nitrogens is 1. The molecule has 2 spiro atoms. The van der Waals surface area contributed by atoms with Crippen LogP contribution < -0.4 is 5.32 Å². The van der Waals surface area contributed by atoms with E-state index in [4.69, 9.17) is 0 Å². The molecule has 4 fully saturated rings. The number of piperidine rings is 2. The van der Waals surface area contributed by atoms with E-state index >= 15 is 0 Å². The van der Waals surface area contributed by atoms with E-state index in [9.17, 15) is 14.7 Å². The molecule has 1 aromatic heterocycles. The van der Waals surface area contributed by atoms with Crippen molar-refractivity contribution in [3.63, 3.8) is 0 Å². The number of fused-ring (bicyclic) bond motifs is 4. The number of hydrogen-bond donors (Lipinski definition) is 3. The van der Waals surface area contributed by atoms with Gasteiger partial charge in [-0.3, -0.25) is 9.59 Å². The molecule has 168 valence electrons. The van der Waals surface area contributed by atoms with Gasteiger partial charge in [0.15, 0.2) is 0 Å². The van der Waals surface area contributed by atoms with E-state index in [-0.39, 0.29) is 28.9 Å². The highest BCUT2D eigenvalue weighted by atomic mass is 16.3. The van der Waals surface area contributed by atoms with Crippen LogP contribution in [0.1, 0.15) is 63.8 Å². The van der Waals surface area contributed by atoms with E-state index in [1.165, 1.54) is 5.57 Å². The zero-order valence-electron chi connectivity index (χ0n) is 19.3. The summed E-state index contributed by atoms with van der Waals surface area (Å²) in [6.07, 6.45) is 5.64. The quantitative estimate of drug-likeness (QED) is 0.634. The lowest BCUT2D eigenvalue weighted by atomic mass is 9.51. The molecule has 6 heteroatoms. The van der Waals surface area contributed by atoms with E-state index in [1.54, 1.807) is 6.07 Å². The smallest absolute Gasteiger partial charge is 0.249 e. The van der Waals surface area contributed by atoms with Crippen LogP contribution >= 0.6 is 0 Å². The van der Waals surface area contributed by atoms with E-state index < -0.39 is 11.1 Å². The van der Waals surface area contributed by atoms with Crippen molar-refractivity contribution in [2.24, 2.45) is 5.92 Å². The number of hydrogen-bond acceptors (Lipinski definition) is 3. The monoisotopic (exact) mass is 433 g/mol. The molecule has 0 saturated carbocycles. The maximum atomic E-state index is 13.9. The average molecular weight is 434 g/mol. The first kappa shape index (κ1) is 19.9. The van der Waals surface area contributed by atoms with Gasteiger partial charge in [-0.15, -0.1) is 0 Å². The lowest BCUT2D eigenvalue weighted by Gasteiger charge is -2.64. The number of carbonyl (C=O) groups excluding carboxylic acids is 2. The van der Waals surface area contributed by atoms with Crippen molar-refractivity contribution < 1.29 is 14.7 Å². The molecule has 6 nitrogen and oxygen atoms in total. The summed E-state index contributed by atoms with van der Waals surface area (Å²) < 4.78 is 0. The van der Waals surface area contributed by atoms with Crippen LogP contribution in [0, 0.1) is 5.92 Å². The molecule has 7 rings (SSSR count). The lowest BCUT2D eigenvalue weighted by molar-refractivity contribution is -0.179. The van der Waals surface area contributed by atoms with Crippen molar-refractivity contribution in [2.75, 3.05) is 6.54 Å². The molecular weight excluding hydrogens is 402 g/mol. The van der Waals surface area contributed by atoms with E-state index in [0.717, 1.165) is 47.0 Å². The van der Waals surface area contributed by atoms with Crippen molar-refractivity contribution >= 4 is 22.7 Å². The molecule has 3 atom stereocenters. The van der Waals surface area contributed by atoms with Crippen LogP contribution in [-0.4, -0.2) is 44.4 Å². The number of phenolic OH excluding ortho intramolecular Hbond substituents is 1. The first-order valence-electron chi connectivity index (χ1n) is 11.8. The molecule has 5 aliphatic rings. The topological polar surface area (TPSA) is 85.4 Å². The van der Waals surface area contributed by atoms with Crippen LogP contribution in [0.5, 0.6) is 5.75 Å². The Morgan fingerprint density at radius 3 is 2.81 bits per heavy atom. The fraction of sp³-hybridized carbons (Fsp3) is 0.538. The molecule has 5 heterocycles. The van der Waals surface area contributed by atoms with Crippen LogP contribution in [0.3, 0.4) is 0 Å². The summed E-state index contributed by atoms with van der Waals surface area (Å²) in [5, 5.41) is 14.9. The summed E-state index contributed by atoms with van der Waals surface area (Å²) in [5.74, 6) is 0.450. The molecule has 1 aliphatic carbocycles. The standard InChI is InChI=1S/C26H31N3O3/c1-14(2)6-7-16-18(30)9-8-15-17-12-26-19(24(3,4)21(17)27-20(15)16)13-25(22(31)28-26)10-5-11-29(25)23(26)32/h6,8-9,19,27,30H,5,7,10-13H2,1-4H3,(H,28,31)/t19-,25?,26?/m0/s1. The molecule has 1 aromatic carbocycles. The Bertz CT molecular complexity index is 1230. The van der Waals surface area contributed by atoms with E-state index in [0.29, 0.717) is 19.4 Å². The van der Waals surface area contributed by atoms with Gasteiger partial charge >= 0.3 is 0 Å². The normalized spacial score (nSPS) is 31.9. The summed E-state index contributed by atoms with van der Waals surface area (Å²) >= 11 is 0. The fourth-order valence-corrected chi connectivity index (χ4v) is 7.26. The van der Waals surface area contributed by atoms with Gasteiger partial charge in [0.25, 0.3) is 0 Å². The molecule has 4 saturated heterocycles. The number of benzene rings is 1. The maximum Gasteiger partial charge on any atom is 0.249 e. The predicted octanol–water partition coefficient (Wildman–Crippen LogP) is 3.47. The summed E-state index contributed by atoms with van der Waals surface area (Å²) in [6, 6.07) is 3.71. The Hall–Kier alpha value is -2.76. The van der Waals surface area contributed by atoms with Gasteiger partial charge in [0.1, 0.15) is 16.8 Å². The van der Waals surface area contributed by atoms with Crippen molar-refractivity contribution in [3.8, 4) is 5.75 Å². The number of aromatic amines is 1. The minimum Gasteiger partial charge on any atom is -0.508 e. The summed E-state index contributed by atoms with van der Waals surface area (Å²) in [6.45, 7) is 9.21. The molecule has 32 heavy (non-hydrogen) atoms. The van der Waals surface area contributed by atoms with Crippen molar-refractivity contribution in [3.05, 3.63) is 40.6 Å². The summed E-state index contributed by atoms with van der Waals surface area (Å²) in [4.78, 5) is 32.7. The summed E-state index contributed by atoms with van der Waals surface area (Å²) in [7, 11) is 0.